The summed E-state index contributed by atoms with van der Waals surface area (Å²) in [6, 6.07) is 9.93. The van der Waals surface area contributed by atoms with Crippen LogP contribution in [0.1, 0.15) is 75.4 Å². The van der Waals surface area contributed by atoms with Gasteiger partial charge in [0.2, 0.25) is 0 Å². The van der Waals surface area contributed by atoms with E-state index in [0.29, 0.717) is 18.7 Å². The lowest BCUT2D eigenvalue weighted by Crippen LogP contribution is -2.38. The van der Waals surface area contributed by atoms with E-state index in [0.717, 1.165) is 34.5 Å². The SMILES string of the molecule is CCC(C)(C)n1nnnc1[C@@H](C(C)C)N(Cc1ccco1)Cc1cc2cc(C)cc(C)c2[nH]c1=O. The summed E-state index contributed by atoms with van der Waals surface area (Å²) in [7, 11) is 0. The van der Waals surface area contributed by atoms with Gasteiger partial charge in [-0.3, -0.25) is 9.69 Å². The van der Waals surface area contributed by atoms with Gasteiger partial charge in [0, 0.05) is 12.1 Å². The molecule has 0 spiro atoms. The van der Waals surface area contributed by atoms with E-state index in [1.54, 1.807) is 6.26 Å². The van der Waals surface area contributed by atoms with Crippen molar-refractivity contribution < 1.29 is 4.42 Å². The van der Waals surface area contributed by atoms with Crippen molar-refractivity contribution >= 4 is 10.9 Å². The van der Waals surface area contributed by atoms with Crippen LogP contribution in [0.4, 0.5) is 0 Å². The number of fused-ring (bicyclic) bond motifs is 1. The number of rotatable bonds is 9. The first-order valence-electron chi connectivity index (χ1n) is 12.3. The molecular formula is C27H36N6O2. The minimum atomic E-state index is -0.238. The Morgan fingerprint density at radius 2 is 1.94 bits per heavy atom. The van der Waals surface area contributed by atoms with E-state index in [4.69, 9.17) is 4.42 Å². The molecule has 8 heteroatoms. The van der Waals surface area contributed by atoms with Crippen LogP contribution in [0.3, 0.4) is 0 Å². The molecule has 0 aliphatic carbocycles. The fraction of sp³-hybridized carbons (Fsp3) is 0.481. The number of H-pyrrole nitrogens is 1. The van der Waals surface area contributed by atoms with Crippen molar-refractivity contribution in [3.05, 3.63) is 75.2 Å². The first-order valence-corrected chi connectivity index (χ1v) is 12.3. The van der Waals surface area contributed by atoms with Crippen molar-refractivity contribution in [2.24, 2.45) is 5.92 Å². The van der Waals surface area contributed by atoms with Crippen LogP contribution in [-0.4, -0.2) is 30.1 Å². The fourth-order valence-corrected chi connectivity index (χ4v) is 4.77. The maximum atomic E-state index is 13.2. The number of hydrogen-bond acceptors (Lipinski definition) is 6. The summed E-state index contributed by atoms with van der Waals surface area (Å²) in [4.78, 5) is 18.6. The van der Waals surface area contributed by atoms with Crippen LogP contribution in [0.25, 0.3) is 10.9 Å². The summed E-state index contributed by atoms with van der Waals surface area (Å²) >= 11 is 0. The Hall–Kier alpha value is -3.26. The smallest absolute Gasteiger partial charge is 0.252 e. The van der Waals surface area contributed by atoms with Gasteiger partial charge in [-0.1, -0.05) is 32.4 Å². The van der Waals surface area contributed by atoms with Gasteiger partial charge in [-0.25, -0.2) is 4.68 Å². The molecule has 0 unspecified atom stereocenters. The summed E-state index contributed by atoms with van der Waals surface area (Å²) in [6.07, 6.45) is 2.56. The third-order valence-electron chi connectivity index (χ3n) is 6.90. The molecule has 0 fully saturated rings. The standard InChI is InChI=1S/C27H36N6O2/c1-8-27(6,7)33-25(29-30-31-33)24(17(2)3)32(16-22-10-9-11-35-22)15-21-14-20-13-18(4)12-19(5)23(20)28-26(21)34/h9-14,17,24H,8,15-16H2,1-7H3,(H,28,34)/t24-/m1/s1. The second-order valence-corrected chi connectivity index (χ2v) is 10.5. The summed E-state index contributed by atoms with van der Waals surface area (Å²) in [5, 5.41) is 13.9. The predicted octanol–water partition coefficient (Wildman–Crippen LogP) is 5.27. The second-order valence-electron chi connectivity index (χ2n) is 10.5. The Kier molecular flexibility index (Phi) is 6.94. The van der Waals surface area contributed by atoms with Crippen LogP contribution in [0.2, 0.25) is 0 Å². The molecule has 1 N–H and O–H groups in total. The summed E-state index contributed by atoms with van der Waals surface area (Å²) in [5.41, 5.74) is 3.51. The van der Waals surface area contributed by atoms with E-state index in [2.05, 4.69) is 79.1 Å². The van der Waals surface area contributed by atoms with Crippen molar-refractivity contribution in [3.63, 3.8) is 0 Å². The molecule has 4 aromatic rings. The van der Waals surface area contributed by atoms with E-state index < -0.39 is 0 Å². The lowest BCUT2D eigenvalue weighted by molar-refractivity contribution is 0.109. The van der Waals surface area contributed by atoms with Crippen molar-refractivity contribution in [2.75, 3.05) is 0 Å². The van der Waals surface area contributed by atoms with Gasteiger partial charge in [0.05, 0.1) is 29.9 Å². The fourth-order valence-electron chi connectivity index (χ4n) is 4.77. The number of hydrogen-bond donors (Lipinski definition) is 1. The second kappa shape index (κ2) is 9.77. The third kappa shape index (κ3) is 5.07. The first-order chi connectivity index (χ1) is 16.6. The minimum absolute atomic E-state index is 0.0788. The van der Waals surface area contributed by atoms with Crippen molar-refractivity contribution in [1.82, 2.24) is 30.1 Å². The molecule has 35 heavy (non-hydrogen) atoms. The van der Waals surface area contributed by atoms with Gasteiger partial charge in [0.25, 0.3) is 5.56 Å². The molecule has 0 saturated heterocycles. The van der Waals surface area contributed by atoms with E-state index in [1.165, 1.54) is 5.56 Å². The Bertz CT molecular complexity index is 1350. The number of nitrogens with zero attached hydrogens (tertiary/aromatic N) is 5. The summed E-state index contributed by atoms with van der Waals surface area (Å²) < 4.78 is 7.65. The molecule has 186 valence electrons. The topological polar surface area (TPSA) is 92.8 Å². The normalized spacial score (nSPS) is 13.3. The van der Waals surface area contributed by atoms with Gasteiger partial charge in [-0.05, 0) is 85.7 Å². The minimum Gasteiger partial charge on any atom is -0.468 e. The molecule has 0 saturated carbocycles. The zero-order valence-corrected chi connectivity index (χ0v) is 21.8. The van der Waals surface area contributed by atoms with E-state index >= 15 is 0 Å². The van der Waals surface area contributed by atoms with Crippen molar-refractivity contribution in [1.29, 1.82) is 0 Å². The van der Waals surface area contributed by atoms with Gasteiger partial charge in [0.1, 0.15) is 5.76 Å². The third-order valence-corrected chi connectivity index (χ3v) is 6.90. The van der Waals surface area contributed by atoms with E-state index in [1.807, 2.05) is 29.8 Å². The van der Waals surface area contributed by atoms with Crippen molar-refractivity contribution in [2.45, 2.75) is 79.6 Å². The zero-order chi connectivity index (χ0) is 25.3. The van der Waals surface area contributed by atoms with Crippen LogP contribution in [0.15, 0.2) is 45.8 Å². The monoisotopic (exact) mass is 476 g/mol. The van der Waals surface area contributed by atoms with Gasteiger partial charge in [0.15, 0.2) is 5.82 Å². The van der Waals surface area contributed by atoms with Crippen LogP contribution in [0, 0.1) is 19.8 Å². The molecule has 0 bridgehead atoms. The number of furan rings is 1. The first kappa shape index (κ1) is 24.9. The molecule has 1 atom stereocenters. The van der Waals surface area contributed by atoms with Gasteiger partial charge >= 0.3 is 0 Å². The van der Waals surface area contributed by atoms with Crippen molar-refractivity contribution in [3.8, 4) is 0 Å². The predicted molar refractivity (Wildman–Crippen MR) is 137 cm³/mol. The quantitative estimate of drug-likeness (QED) is 0.354. The summed E-state index contributed by atoms with van der Waals surface area (Å²) in [6.45, 7) is 15.8. The number of aromatic nitrogens is 5. The van der Waals surface area contributed by atoms with Crippen LogP contribution in [-0.2, 0) is 18.6 Å². The molecular weight excluding hydrogens is 440 g/mol. The summed E-state index contributed by atoms with van der Waals surface area (Å²) in [5.74, 6) is 1.81. The molecule has 3 aromatic heterocycles. The number of aromatic amines is 1. The number of benzene rings is 1. The lowest BCUT2D eigenvalue weighted by Gasteiger charge is -2.35. The molecule has 0 aliphatic rings. The number of pyridine rings is 1. The average molecular weight is 477 g/mol. The lowest BCUT2D eigenvalue weighted by atomic mass is 9.97. The van der Waals surface area contributed by atoms with Crippen LogP contribution < -0.4 is 5.56 Å². The Labute approximate surface area is 206 Å². The number of aryl methyl sites for hydroxylation is 2. The molecule has 1 aromatic carbocycles. The maximum Gasteiger partial charge on any atom is 0.252 e. The molecule has 3 heterocycles. The maximum absolute atomic E-state index is 13.2. The zero-order valence-electron chi connectivity index (χ0n) is 21.8. The number of tetrazole rings is 1. The molecule has 0 amide bonds. The van der Waals surface area contributed by atoms with Crippen LogP contribution >= 0.6 is 0 Å². The molecule has 4 rings (SSSR count). The van der Waals surface area contributed by atoms with Gasteiger partial charge < -0.3 is 9.40 Å². The highest BCUT2D eigenvalue weighted by Crippen LogP contribution is 2.33. The molecule has 8 nitrogen and oxygen atoms in total. The largest absolute Gasteiger partial charge is 0.468 e. The Morgan fingerprint density at radius 1 is 1.17 bits per heavy atom. The highest BCUT2D eigenvalue weighted by Gasteiger charge is 2.34. The van der Waals surface area contributed by atoms with Crippen LogP contribution in [0.5, 0.6) is 0 Å². The molecule has 0 aliphatic heterocycles. The van der Waals surface area contributed by atoms with Gasteiger partial charge in [-0.2, -0.15) is 0 Å². The highest BCUT2D eigenvalue weighted by molar-refractivity contribution is 5.82. The Balaban J connectivity index is 1.81. The molecule has 0 radical (unpaired) electrons. The van der Waals surface area contributed by atoms with E-state index in [9.17, 15) is 4.79 Å². The highest BCUT2D eigenvalue weighted by atomic mass is 16.3. The van der Waals surface area contributed by atoms with E-state index in [-0.39, 0.29) is 23.1 Å². The van der Waals surface area contributed by atoms with Gasteiger partial charge in [-0.15, -0.1) is 5.10 Å². The Morgan fingerprint density at radius 3 is 2.60 bits per heavy atom. The average Bonchev–Trinajstić information content (AvgIpc) is 3.47. The number of nitrogens with one attached hydrogen (secondary N) is 1.